The van der Waals surface area contributed by atoms with E-state index in [4.69, 9.17) is 17.3 Å². The molecule has 0 aliphatic carbocycles. The van der Waals surface area contributed by atoms with E-state index < -0.39 is 0 Å². The van der Waals surface area contributed by atoms with Crippen molar-refractivity contribution in [3.63, 3.8) is 0 Å². The van der Waals surface area contributed by atoms with E-state index in [1.165, 1.54) is 0 Å². The molecular weight excluding hydrogens is 253 g/mol. The average molecular weight is 265 g/mol. The topological polar surface area (TPSA) is 46.2 Å². The third kappa shape index (κ3) is 2.36. The second kappa shape index (κ2) is 4.31. The van der Waals surface area contributed by atoms with Crippen molar-refractivity contribution in [2.24, 2.45) is 5.73 Å². The number of phenolic OH excluding ortho intramolecular Hbond substituents is 1. The van der Waals surface area contributed by atoms with Gasteiger partial charge in [-0.1, -0.05) is 34.5 Å². The van der Waals surface area contributed by atoms with E-state index in [1.54, 1.807) is 12.1 Å². The van der Waals surface area contributed by atoms with Crippen molar-refractivity contribution in [2.45, 2.75) is 19.4 Å². The van der Waals surface area contributed by atoms with E-state index in [0.717, 1.165) is 10.9 Å². The molecule has 4 heteroatoms. The van der Waals surface area contributed by atoms with Gasteiger partial charge in [0.05, 0.1) is 5.02 Å². The van der Waals surface area contributed by atoms with Crippen LogP contribution in [-0.2, 0) is 0 Å². The first-order chi connectivity index (χ1) is 6.06. The van der Waals surface area contributed by atoms with Gasteiger partial charge in [0.2, 0.25) is 0 Å². The van der Waals surface area contributed by atoms with E-state index in [2.05, 4.69) is 15.9 Å². The van der Waals surface area contributed by atoms with Crippen LogP contribution in [0.5, 0.6) is 5.75 Å². The van der Waals surface area contributed by atoms with Crippen molar-refractivity contribution in [1.29, 1.82) is 0 Å². The molecule has 0 saturated carbocycles. The highest BCUT2D eigenvalue weighted by Crippen LogP contribution is 2.34. The average Bonchev–Trinajstić information content (AvgIpc) is 2.10. The van der Waals surface area contributed by atoms with Crippen LogP contribution in [0.1, 0.15) is 24.9 Å². The number of rotatable bonds is 2. The summed E-state index contributed by atoms with van der Waals surface area (Å²) in [6, 6.07) is 3.26. The molecule has 1 rings (SSSR count). The van der Waals surface area contributed by atoms with Crippen molar-refractivity contribution in [3.8, 4) is 5.75 Å². The molecule has 72 valence electrons. The Bertz CT molecular complexity index is 317. The predicted octanol–water partition coefficient (Wildman–Crippen LogP) is 3.22. The summed E-state index contributed by atoms with van der Waals surface area (Å²) in [4.78, 5) is 0. The molecule has 1 aromatic rings. The van der Waals surface area contributed by atoms with Gasteiger partial charge in [0.15, 0.2) is 0 Å². The molecule has 0 heterocycles. The third-order valence-corrected chi connectivity index (χ3v) is 2.64. The summed E-state index contributed by atoms with van der Waals surface area (Å²) in [5, 5.41) is 9.92. The fourth-order valence-corrected chi connectivity index (χ4v) is 1.92. The molecule has 0 radical (unpaired) electrons. The van der Waals surface area contributed by atoms with Gasteiger partial charge in [-0.3, -0.25) is 0 Å². The summed E-state index contributed by atoms with van der Waals surface area (Å²) in [5.41, 5.74) is 6.48. The van der Waals surface area contributed by atoms with Crippen LogP contribution in [0.25, 0.3) is 0 Å². The molecule has 0 aliphatic rings. The smallest absolute Gasteiger partial charge is 0.139 e. The number of aromatic hydroxyl groups is 1. The van der Waals surface area contributed by atoms with E-state index in [9.17, 15) is 5.11 Å². The number of phenols is 1. The second-order valence-corrected chi connectivity index (χ2v) is 4.16. The Labute approximate surface area is 90.8 Å². The number of nitrogens with two attached hydrogens (primary N) is 1. The lowest BCUT2D eigenvalue weighted by atomic mass is 10.0. The molecule has 0 fully saturated rings. The van der Waals surface area contributed by atoms with Crippen molar-refractivity contribution in [2.75, 3.05) is 0 Å². The third-order valence-electron chi connectivity index (χ3n) is 1.90. The zero-order chi connectivity index (χ0) is 10.0. The van der Waals surface area contributed by atoms with Crippen LogP contribution in [0.2, 0.25) is 5.02 Å². The summed E-state index contributed by atoms with van der Waals surface area (Å²) in [7, 11) is 0. The molecule has 1 atom stereocenters. The number of benzene rings is 1. The summed E-state index contributed by atoms with van der Waals surface area (Å²) >= 11 is 9.08. The van der Waals surface area contributed by atoms with Crippen molar-refractivity contribution >= 4 is 27.5 Å². The lowest BCUT2D eigenvalue weighted by Crippen LogP contribution is -2.08. The van der Waals surface area contributed by atoms with Crippen LogP contribution in [0.4, 0.5) is 0 Å². The second-order valence-electron chi connectivity index (χ2n) is 2.84. The van der Waals surface area contributed by atoms with E-state index in [-0.39, 0.29) is 11.8 Å². The maximum absolute atomic E-state index is 9.59. The number of halogens is 2. The van der Waals surface area contributed by atoms with Gasteiger partial charge in [-0.25, -0.2) is 0 Å². The van der Waals surface area contributed by atoms with Crippen LogP contribution in [0.3, 0.4) is 0 Å². The highest BCUT2D eigenvalue weighted by atomic mass is 79.9. The molecule has 0 aliphatic heterocycles. The Morgan fingerprint density at radius 2 is 2.23 bits per heavy atom. The highest BCUT2D eigenvalue weighted by molar-refractivity contribution is 9.10. The lowest BCUT2D eigenvalue weighted by Gasteiger charge is -2.12. The normalized spacial score (nSPS) is 12.9. The first-order valence-electron chi connectivity index (χ1n) is 3.99. The van der Waals surface area contributed by atoms with Gasteiger partial charge in [-0.05, 0) is 18.6 Å². The fourth-order valence-electron chi connectivity index (χ4n) is 1.09. The van der Waals surface area contributed by atoms with Crippen molar-refractivity contribution in [3.05, 3.63) is 27.2 Å². The zero-order valence-electron chi connectivity index (χ0n) is 7.22. The van der Waals surface area contributed by atoms with Gasteiger partial charge in [0, 0.05) is 16.1 Å². The van der Waals surface area contributed by atoms with Gasteiger partial charge in [-0.2, -0.15) is 0 Å². The van der Waals surface area contributed by atoms with Crippen molar-refractivity contribution in [1.82, 2.24) is 0 Å². The van der Waals surface area contributed by atoms with Crippen LogP contribution in [0, 0.1) is 0 Å². The minimum absolute atomic E-state index is 0.0826. The minimum atomic E-state index is -0.171. The van der Waals surface area contributed by atoms with Crippen LogP contribution >= 0.6 is 27.5 Å². The Morgan fingerprint density at radius 3 is 2.77 bits per heavy atom. The SMILES string of the molecule is CC[C@@H](N)c1cc(Br)cc(Cl)c1O. The van der Waals surface area contributed by atoms with E-state index in [0.29, 0.717) is 10.6 Å². The monoisotopic (exact) mass is 263 g/mol. The molecule has 13 heavy (non-hydrogen) atoms. The van der Waals surface area contributed by atoms with Crippen LogP contribution in [-0.4, -0.2) is 5.11 Å². The van der Waals surface area contributed by atoms with Gasteiger partial charge in [0.1, 0.15) is 5.75 Å². The molecule has 0 aromatic heterocycles. The molecule has 0 spiro atoms. The van der Waals surface area contributed by atoms with E-state index >= 15 is 0 Å². The molecule has 3 N–H and O–H groups in total. The predicted molar refractivity (Wildman–Crippen MR) is 58.0 cm³/mol. The van der Waals surface area contributed by atoms with Gasteiger partial charge < -0.3 is 10.8 Å². The molecule has 0 amide bonds. The highest BCUT2D eigenvalue weighted by Gasteiger charge is 2.12. The molecular formula is C9H11BrClNO. The molecule has 0 unspecified atom stereocenters. The van der Waals surface area contributed by atoms with Gasteiger partial charge in [-0.15, -0.1) is 0 Å². The van der Waals surface area contributed by atoms with Crippen LogP contribution in [0.15, 0.2) is 16.6 Å². The first kappa shape index (κ1) is 10.8. The Kier molecular flexibility index (Phi) is 3.59. The Balaban J connectivity index is 3.20. The van der Waals surface area contributed by atoms with Crippen LogP contribution < -0.4 is 5.73 Å². The summed E-state index contributed by atoms with van der Waals surface area (Å²) in [5.74, 6) is 0.0826. The standard InChI is InChI=1S/C9H11BrClNO/c1-2-8(12)6-3-5(10)4-7(11)9(6)13/h3-4,8,13H,2,12H2,1H3/t8-/m1/s1. The molecule has 0 saturated heterocycles. The number of hydrogen-bond donors (Lipinski definition) is 2. The van der Waals surface area contributed by atoms with Gasteiger partial charge in [0.25, 0.3) is 0 Å². The summed E-state index contributed by atoms with van der Waals surface area (Å²) in [6.07, 6.45) is 0.764. The maximum atomic E-state index is 9.59. The molecule has 2 nitrogen and oxygen atoms in total. The van der Waals surface area contributed by atoms with E-state index in [1.807, 2.05) is 6.92 Å². The first-order valence-corrected chi connectivity index (χ1v) is 5.16. The minimum Gasteiger partial charge on any atom is -0.506 e. The fraction of sp³-hybridized carbons (Fsp3) is 0.333. The quantitative estimate of drug-likeness (QED) is 0.861. The number of hydrogen-bond acceptors (Lipinski definition) is 2. The maximum Gasteiger partial charge on any atom is 0.139 e. The Hall–Kier alpha value is -0.250. The van der Waals surface area contributed by atoms with Gasteiger partial charge >= 0.3 is 0 Å². The lowest BCUT2D eigenvalue weighted by molar-refractivity contribution is 0.460. The summed E-state index contributed by atoms with van der Waals surface area (Å²) in [6.45, 7) is 1.96. The molecule has 1 aromatic carbocycles. The Morgan fingerprint density at radius 1 is 1.62 bits per heavy atom. The summed E-state index contributed by atoms with van der Waals surface area (Å²) < 4.78 is 0.828. The molecule has 0 bridgehead atoms. The largest absolute Gasteiger partial charge is 0.506 e. The zero-order valence-corrected chi connectivity index (χ0v) is 9.56. The van der Waals surface area contributed by atoms with Crippen molar-refractivity contribution < 1.29 is 5.11 Å².